The van der Waals surface area contributed by atoms with Crippen LogP contribution >= 0.6 is 0 Å². The van der Waals surface area contributed by atoms with Crippen molar-refractivity contribution in [3.05, 3.63) is 47.8 Å². The summed E-state index contributed by atoms with van der Waals surface area (Å²) in [4.78, 5) is 27.5. The number of esters is 1. The number of carbonyl (C=O) groups is 2. The van der Waals surface area contributed by atoms with Crippen molar-refractivity contribution in [2.45, 2.75) is 25.2 Å². The summed E-state index contributed by atoms with van der Waals surface area (Å²) < 4.78 is 4.49. The lowest BCUT2D eigenvalue weighted by atomic mass is 10.1. The summed E-state index contributed by atoms with van der Waals surface area (Å²) in [5, 5.41) is 10.0. The van der Waals surface area contributed by atoms with Gasteiger partial charge >= 0.3 is 5.97 Å². The smallest absolute Gasteiger partial charge is 0.330 e. The zero-order valence-electron chi connectivity index (χ0n) is 14.0. The molecule has 1 heterocycles. The van der Waals surface area contributed by atoms with Crippen LogP contribution in [0.25, 0.3) is 11.4 Å². The minimum atomic E-state index is -0.404. The summed E-state index contributed by atoms with van der Waals surface area (Å²) in [5.41, 5.74) is 1.44. The molecule has 2 N–H and O–H groups in total. The number of rotatable bonds is 7. The maximum Gasteiger partial charge on any atom is 0.330 e. The van der Waals surface area contributed by atoms with E-state index >= 15 is 0 Å². The van der Waals surface area contributed by atoms with E-state index in [9.17, 15) is 9.59 Å². The van der Waals surface area contributed by atoms with E-state index in [2.05, 4.69) is 25.2 Å². The van der Waals surface area contributed by atoms with Crippen molar-refractivity contribution < 1.29 is 14.3 Å². The van der Waals surface area contributed by atoms with Gasteiger partial charge in [-0.2, -0.15) is 5.10 Å². The van der Waals surface area contributed by atoms with Crippen LogP contribution in [0, 0.1) is 0 Å². The molecule has 1 aliphatic rings. The van der Waals surface area contributed by atoms with Crippen molar-refractivity contribution >= 4 is 11.9 Å². The maximum atomic E-state index is 12.1. The molecule has 1 aromatic heterocycles. The summed E-state index contributed by atoms with van der Waals surface area (Å²) in [6, 6.07) is 7.18. The van der Waals surface area contributed by atoms with Crippen LogP contribution in [-0.4, -0.2) is 40.7 Å². The zero-order chi connectivity index (χ0) is 17.6. The molecule has 2 aromatic rings. The van der Waals surface area contributed by atoms with E-state index in [1.54, 1.807) is 18.2 Å². The number of carbonyl (C=O) groups excluding carboxylic acids is 2. The largest absolute Gasteiger partial charge is 0.466 e. The molecule has 1 fully saturated rings. The number of hydrogen-bond donors (Lipinski definition) is 2. The molecular formula is C18H20N4O3. The number of amides is 1. The van der Waals surface area contributed by atoms with Gasteiger partial charge in [-0.05, 0) is 31.4 Å². The van der Waals surface area contributed by atoms with Crippen LogP contribution in [0.4, 0.5) is 0 Å². The molecule has 0 aliphatic heterocycles. The monoisotopic (exact) mass is 340 g/mol. The Morgan fingerprint density at radius 1 is 1.32 bits per heavy atom. The minimum absolute atomic E-state index is 0.160. The van der Waals surface area contributed by atoms with Gasteiger partial charge in [0.2, 0.25) is 0 Å². The Kier molecular flexibility index (Phi) is 5.23. The van der Waals surface area contributed by atoms with Crippen molar-refractivity contribution in [1.29, 1.82) is 0 Å². The van der Waals surface area contributed by atoms with E-state index in [1.807, 2.05) is 12.1 Å². The van der Waals surface area contributed by atoms with Crippen molar-refractivity contribution in [3.8, 4) is 11.4 Å². The standard InChI is InChI=1S/C18H20N4O3/c1-25-15(23)4-2-3-11-19-18(24)14-9-7-13(8-10-14)17-20-16(21-22-17)12-5-6-12/h2,4,7-10,12H,3,5-6,11H2,1H3,(H,19,24)(H,20,21,22)/b4-2+. The molecule has 25 heavy (non-hydrogen) atoms. The van der Waals surface area contributed by atoms with Crippen LogP contribution in [0.1, 0.15) is 41.4 Å². The first-order chi connectivity index (χ1) is 12.2. The van der Waals surface area contributed by atoms with Crippen LogP contribution in [0.5, 0.6) is 0 Å². The molecule has 0 bridgehead atoms. The normalized spacial score (nSPS) is 13.8. The highest BCUT2D eigenvalue weighted by Crippen LogP contribution is 2.38. The fraction of sp³-hybridized carbons (Fsp3) is 0.333. The highest BCUT2D eigenvalue weighted by Gasteiger charge is 2.27. The molecular weight excluding hydrogens is 320 g/mol. The van der Waals surface area contributed by atoms with Crippen LogP contribution in [0.15, 0.2) is 36.4 Å². The lowest BCUT2D eigenvalue weighted by Gasteiger charge is -2.04. The maximum absolute atomic E-state index is 12.1. The van der Waals surface area contributed by atoms with Gasteiger partial charge in [0, 0.05) is 29.7 Å². The summed E-state index contributed by atoms with van der Waals surface area (Å²) in [6.07, 6.45) is 5.90. The molecule has 0 spiro atoms. The Bertz CT molecular complexity index is 776. The topological polar surface area (TPSA) is 97.0 Å². The van der Waals surface area contributed by atoms with Crippen LogP contribution in [0.3, 0.4) is 0 Å². The van der Waals surface area contributed by atoms with Crippen molar-refractivity contribution in [3.63, 3.8) is 0 Å². The summed E-state index contributed by atoms with van der Waals surface area (Å²) >= 11 is 0. The summed E-state index contributed by atoms with van der Waals surface area (Å²) in [5.74, 6) is 1.56. The first-order valence-corrected chi connectivity index (χ1v) is 8.23. The van der Waals surface area contributed by atoms with Crippen molar-refractivity contribution in [2.75, 3.05) is 13.7 Å². The summed E-state index contributed by atoms with van der Waals surface area (Å²) in [7, 11) is 1.32. The minimum Gasteiger partial charge on any atom is -0.466 e. The number of hydrogen-bond acceptors (Lipinski definition) is 5. The summed E-state index contributed by atoms with van der Waals surface area (Å²) in [6.45, 7) is 0.444. The first-order valence-electron chi connectivity index (χ1n) is 8.23. The Labute approximate surface area is 145 Å². The second-order valence-electron chi connectivity index (χ2n) is 5.87. The van der Waals surface area contributed by atoms with Crippen LogP contribution in [-0.2, 0) is 9.53 Å². The van der Waals surface area contributed by atoms with E-state index < -0.39 is 5.97 Å². The lowest BCUT2D eigenvalue weighted by Crippen LogP contribution is -2.24. The van der Waals surface area contributed by atoms with Gasteiger partial charge in [0.05, 0.1) is 7.11 Å². The third-order valence-electron chi connectivity index (χ3n) is 3.92. The second kappa shape index (κ2) is 7.74. The molecule has 130 valence electrons. The molecule has 3 rings (SSSR count). The van der Waals surface area contributed by atoms with E-state index in [-0.39, 0.29) is 5.91 Å². The predicted molar refractivity (Wildman–Crippen MR) is 91.9 cm³/mol. The number of aromatic amines is 1. The van der Waals surface area contributed by atoms with E-state index in [0.717, 1.165) is 11.4 Å². The third kappa shape index (κ3) is 4.53. The second-order valence-corrected chi connectivity index (χ2v) is 5.87. The van der Waals surface area contributed by atoms with Crippen LogP contribution in [0.2, 0.25) is 0 Å². The fourth-order valence-electron chi connectivity index (χ4n) is 2.33. The van der Waals surface area contributed by atoms with E-state index in [0.29, 0.717) is 30.3 Å². The van der Waals surface area contributed by atoms with E-state index in [1.165, 1.54) is 26.0 Å². The predicted octanol–water partition coefficient (Wildman–Crippen LogP) is 2.20. The van der Waals surface area contributed by atoms with Crippen molar-refractivity contribution in [2.24, 2.45) is 0 Å². The molecule has 1 amide bonds. The molecule has 1 aromatic carbocycles. The van der Waals surface area contributed by atoms with Gasteiger partial charge in [-0.15, -0.1) is 0 Å². The molecule has 1 saturated carbocycles. The number of aromatic nitrogens is 3. The van der Waals surface area contributed by atoms with Gasteiger partial charge in [0.15, 0.2) is 5.82 Å². The Balaban J connectivity index is 1.51. The molecule has 7 nitrogen and oxygen atoms in total. The fourth-order valence-corrected chi connectivity index (χ4v) is 2.33. The van der Waals surface area contributed by atoms with Crippen LogP contribution < -0.4 is 5.32 Å². The van der Waals surface area contributed by atoms with Gasteiger partial charge in [0.1, 0.15) is 5.82 Å². The molecule has 0 radical (unpaired) electrons. The molecule has 0 atom stereocenters. The zero-order valence-corrected chi connectivity index (χ0v) is 14.0. The Hall–Kier alpha value is -2.96. The molecule has 7 heteroatoms. The number of H-pyrrole nitrogens is 1. The quantitative estimate of drug-likeness (QED) is 0.457. The molecule has 0 unspecified atom stereocenters. The van der Waals surface area contributed by atoms with Gasteiger partial charge in [0.25, 0.3) is 5.91 Å². The average Bonchev–Trinajstić information content (AvgIpc) is 3.38. The molecule has 0 saturated heterocycles. The third-order valence-corrected chi connectivity index (χ3v) is 3.92. The van der Waals surface area contributed by atoms with Gasteiger partial charge < -0.3 is 10.1 Å². The van der Waals surface area contributed by atoms with Gasteiger partial charge in [-0.1, -0.05) is 18.2 Å². The van der Waals surface area contributed by atoms with Gasteiger partial charge in [-0.25, -0.2) is 9.78 Å². The number of nitrogens with one attached hydrogen (secondary N) is 2. The number of benzene rings is 1. The number of nitrogens with zero attached hydrogens (tertiary/aromatic N) is 2. The average molecular weight is 340 g/mol. The Morgan fingerprint density at radius 3 is 2.76 bits per heavy atom. The highest BCUT2D eigenvalue weighted by atomic mass is 16.5. The van der Waals surface area contributed by atoms with Gasteiger partial charge in [-0.3, -0.25) is 9.89 Å². The molecule has 1 aliphatic carbocycles. The number of ether oxygens (including phenoxy) is 1. The Morgan fingerprint density at radius 2 is 2.08 bits per heavy atom. The van der Waals surface area contributed by atoms with Crippen molar-refractivity contribution in [1.82, 2.24) is 20.5 Å². The van der Waals surface area contributed by atoms with E-state index in [4.69, 9.17) is 0 Å². The first kappa shape index (κ1) is 16.9. The number of methoxy groups -OCH3 is 1. The SMILES string of the molecule is COC(=O)/C=C/CCNC(=O)c1ccc(-c2n[nH]c(C3CC3)n2)cc1. The highest BCUT2D eigenvalue weighted by molar-refractivity contribution is 5.94. The lowest BCUT2D eigenvalue weighted by molar-refractivity contribution is -0.134.